The highest BCUT2D eigenvalue weighted by Crippen LogP contribution is 2.40. The van der Waals surface area contributed by atoms with Gasteiger partial charge in [0.25, 0.3) is 0 Å². The van der Waals surface area contributed by atoms with Crippen molar-refractivity contribution in [2.75, 3.05) is 11.1 Å². The van der Waals surface area contributed by atoms with Crippen molar-refractivity contribution in [2.45, 2.75) is 43.1 Å². The molecule has 0 amide bonds. The van der Waals surface area contributed by atoms with E-state index in [4.69, 9.17) is 5.73 Å². The molecule has 8 nitrogen and oxygen atoms in total. The molecule has 27 heavy (non-hydrogen) atoms. The van der Waals surface area contributed by atoms with Crippen LogP contribution in [0, 0.1) is 5.82 Å². The van der Waals surface area contributed by atoms with Crippen LogP contribution in [0.15, 0.2) is 29.4 Å². The normalized spacial score (nSPS) is 13.7. The molecule has 2 aromatic heterocycles. The van der Waals surface area contributed by atoms with Crippen molar-refractivity contribution in [3.63, 3.8) is 0 Å². The molecule has 0 bridgehead atoms. The zero-order valence-electron chi connectivity index (χ0n) is 14.8. The van der Waals surface area contributed by atoms with E-state index >= 15 is 0 Å². The molecule has 0 radical (unpaired) electrons. The maximum Gasteiger partial charge on any atom is 0.232 e. The summed E-state index contributed by atoms with van der Waals surface area (Å²) in [6, 6.07) is 5.93. The molecule has 10 heteroatoms. The van der Waals surface area contributed by atoms with Crippen LogP contribution in [0.3, 0.4) is 0 Å². The van der Waals surface area contributed by atoms with E-state index in [1.807, 2.05) is 0 Å². The SMILES string of the molecule is CCn1c(SCc2nc(N)nc(Nc3ccc(F)cc3)n2)nnc1C1CC1. The first-order chi connectivity index (χ1) is 13.1. The third-order valence-electron chi connectivity index (χ3n) is 4.13. The van der Waals surface area contributed by atoms with Gasteiger partial charge in [0, 0.05) is 18.2 Å². The van der Waals surface area contributed by atoms with Gasteiger partial charge in [-0.25, -0.2) is 4.39 Å². The highest BCUT2D eigenvalue weighted by Gasteiger charge is 2.30. The smallest absolute Gasteiger partial charge is 0.232 e. The summed E-state index contributed by atoms with van der Waals surface area (Å²) in [5.74, 6) is 2.78. The Kier molecular flexibility index (Phi) is 4.88. The van der Waals surface area contributed by atoms with Crippen LogP contribution in [-0.4, -0.2) is 29.7 Å². The van der Waals surface area contributed by atoms with Crippen LogP contribution in [0.2, 0.25) is 0 Å². The van der Waals surface area contributed by atoms with Gasteiger partial charge in [-0.1, -0.05) is 11.8 Å². The summed E-state index contributed by atoms with van der Waals surface area (Å²) in [5.41, 5.74) is 6.48. The highest BCUT2D eigenvalue weighted by molar-refractivity contribution is 7.98. The molecule has 0 unspecified atom stereocenters. The predicted octanol–water partition coefficient (Wildman–Crippen LogP) is 3.12. The van der Waals surface area contributed by atoms with Crippen molar-refractivity contribution in [3.8, 4) is 0 Å². The molecule has 0 saturated heterocycles. The summed E-state index contributed by atoms with van der Waals surface area (Å²) < 4.78 is 15.2. The fourth-order valence-corrected chi connectivity index (χ4v) is 3.56. The minimum Gasteiger partial charge on any atom is -0.368 e. The predicted molar refractivity (Wildman–Crippen MR) is 101 cm³/mol. The average molecular weight is 386 g/mol. The number of aromatic nitrogens is 6. The van der Waals surface area contributed by atoms with Gasteiger partial charge in [0.1, 0.15) is 17.5 Å². The summed E-state index contributed by atoms with van der Waals surface area (Å²) in [7, 11) is 0. The van der Waals surface area contributed by atoms with Gasteiger partial charge in [-0.15, -0.1) is 10.2 Å². The molecular formula is C17H19FN8S. The standard InChI is InChI=1S/C17H19FN8S/c1-2-26-14(10-3-4-10)24-25-17(26)27-9-13-21-15(19)23-16(22-13)20-12-7-5-11(18)6-8-12/h5-8,10H,2-4,9H2,1H3,(H3,19,20,21,22,23). The number of halogens is 1. The van der Waals surface area contributed by atoms with Gasteiger partial charge in [-0.2, -0.15) is 15.0 Å². The fourth-order valence-electron chi connectivity index (χ4n) is 2.70. The number of nitrogens with one attached hydrogen (secondary N) is 1. The van der Waals surface area contributed by atoms with Gasteiger partial charge >= 0.3 is 0 Å². The van der Waals surface area contributed by atoms with Gasteiger partial charge in [0.05, 0.1) is 5.75 Å². The third-order valence-corrected chi connectivity index (χ3v) is 5.10. The maximum absolute atomic E-state index is 13.0. The zero-order chi connectivity index (χ0) is 18.8. The first-order valence-corrected chi connectivity index (χ1v) is 9.70. The second kappa shape index (κ2) is 7.47. The van der Waals surface area contributed by atoms with Crippen molar-refractivity contribution in [1.29, 1.82) is 0 Å². The van der Waals surface area contributed by atoms with Crippen molar-refractivity contribution in [2.24, 2.45) is 0 Å². The van der Waals surface area contributed by atoms with Crippen LogP contribution in [-0.2, 0) is 12.3 Å². The van der Waals surface area contributed by atoms with E-state index in [1.54, 1.807) is 12.1 Å². The van der Waals surface area contributed by atoms with Gasteiger partial charge in [0.2, 0.25) is 11.9 Å². The Bertz CT molecular complexity index is 939. The topological polar surface area (TPSA) is 107 Å². The van der Waals surface area contributed by atoms with E-state index in [1.165, 1.54) is 36.7 Å². The molecule has 3 N–H and O–H groups in total. The Morgan fingerprint density at radius 3 is 2.67 bits per heavy atom. The van der Waals surface area contributed by atoms with Crippen LogP contribution < -0.4 is 11.1 Å². The van der Waals surface area contributed by atoms with Crippen LogP contribution in [0.4, 0.5) is 22.0 Å². The lowest BCUT2D eigenvalue weighted by Crippen LogP contribution is -2.07. The van der Waals surface area contributed by atoms with E-state index in [-0.39, 0.29) is 11.8 Å². The van der Waals surface area contributed by atoms with Gasteiger partial charge < -0.3 is 15.6 Å². The van der Waals surface area contributed by atoms with Crippen LogP contribution in [0.1, 0.15) is 37.3 Å². The van der Waals surface area contributed by atoms with Crippen molar-refractivity contribution in [1.82, 2.24) is 29.7 Å². The van der Waals surface area contributed by atoms with E-state index < -0.39 is 0 Å². The number of hydrogen-bond donors (Lipinski definition) is 2. The highest BCUT2D eigenvalue weighted by atomic mass is 32.2. The number of anilines is 3. The first-order valence-electron chi connectivity index (χ1n) is 8.71. The van der Waals surface area contributed by atoms with Crippen LogP contribution in [0.5, 0.6) is 0 Å². The lowest BCUT2D eigenvalue weighted by atomic mass is 10.3. The molecule has 1 aromatic carbocycles. The zero-order valence-corrected chi connectivity index (χ0v) is 15.6. The molecule has 1 fully saturated rings. The van der Waals surface area contributed by atoms with Crippen molar-refractivity contribution in [3.05, 3.63) is 41.7 Å². The number of hydrogen-bond acceptors (Lipinski definition) is 8. The third kappa shape index (κ3) is 4.16. The molecule has 1 aliphatic rings. The van der Waals surface area contributed by atoms with Crippen molar-refractivity contribution < 1.29 is 4.39 Å². The van der Waals surface area contributed by atoms with E-state index in [0.29, 0.717) is 29.1 Å². The second-order valence-corrected chi connectivity index (χ2v) is 7.16. The Labute approximate surface area is 159 Å². The lowest BCUT2D eigenvalue weighted by molar-refractivity contribution is 0.628. The number of nitrogen functional groups attached to an aromatic ring is 1. The van der Waals surface area contributed by atoms with Gasteiger partial charge in [-0.05, 0) is 44.0 Å². The summed E-state index contributed by atoms with van der Waals surface area (Å²) in [4.78, 5) is 12.7. The average Bonchev–Trinajstić information content (AvgIpc) is 3.41. The maximum atomic E-state index is 13.0. The largest absolute Gasteiger partial charge is 0.368 e. The Morgan fingerprint density at radius 1 is 1.19 bits per heavy atom. The molecule has 3 aromatic rings. The minimum absolute atomic E-state index is 0.126. The number of nitrogens with zero attached hydrogens (tertiary/aromatic N) is 6. The molecule has 1 aliphatic carbocycles. The Hall–Kier alpha value is -2.75. The van der Waals surface area contributed by atoms with Gasteiger partial charge in [-0.3, -0.25) is 0 Å². The summed E-state index contributed by atoms with van der Waals surface area (Å²) in [6.45, 7) is 2.92. The monoisotopic (exact) mass is 386 g/mol. The van der Waals surface area contributed by atoms with Gasteiger partial charge in [0.15, 0.2) is 5.16 Å². The quantitative estimate of drug-likeness (QED) is 0.597. The van der Waals surface area contributed by atoms with Crippen molar-refractivity contribution >= 4 is 29.3 Å². The molecular weight excluding hydrogens is 367 g/mol. The summed E-state index contributed by atoms with van der Waals surface area (Å²) in [5, 5.41) is 12.5. The lowest BCUT2D eigenvalue weighted by Gasteiger charge is -2.08. The summed E-state index contributed by atoms with van der Waals surface area (Å²) in [6.07, 6.45) is 2.37. The van der Waals surface area contributed by atoms with E-state index in [0.717, 1.165) is 17.5 Å². The number of nitrogens with two attached hydrogens (primary N) is 1. The minimum atomic E-state index is -0.307. The number of benzene rings is 1. The molecule has 0 spiro atoms. The molecule has 0 aliphatic heterocycles. The Balaban J connectivity index is 1.47. The number of rotatable bonds is 7. The molecule has 1 saturated carbocycles. The molecule has 140 valence electrons. The first kappa shape index (κ1) is 17.7. The van der Waals surface area contributed by atoms with Crippen LogP contribution >= 0.6 is 11.8 Å². The molecule has 2 heterocycles. The number of thioether (sulfide) groups is 1. The van der Waals surface area contributed by atoms with Crippen LogP contribution in [0.25, 0.3) is 0 Å². The fraction of sp³-hybridized carbons (Fsp3) is 0.353. The summed E-state index contributed by atoms with van der Waals surface area (Å²) >= 11 is 1.52. The second-order valence-electron chi connectivity index (χ2n) is 6.21. The van der Waals surface area contributed by atoms with E-state index in [9.17, 15) is 4.39 Å². The molecule has 0 atom stereocenters. The molecule has 4 rings (SSSR count). The van der Waals surface area contributed by atoms with E-state index in [2.05, 4.69) is 42.0 Å². The Morgan fingerprint density at radius 2 is 1.96 bits per heavy atom.